The van der Waals surface area contributed by atoms with E-state index in [0.29, 0.717) is 40.7 Å². The third-order valence-corrected chi connectivity index (χ3v) is 7.01. The highest BCUT2D eigenvalue weighted by Crippen LogP contribution is 2.32. The Labute approximate surface area is 239 Å². The smallest absolute Gasteiger partial charge is 0.344 e. The van der Waals surface area contributed by atoms with Gasteiger partial charge in [-0.2, -0.15) is 0 Å². The molecule has 0 radical (unpaired) electrons. The molecule has 0 atom stereocenters. The highest BCUT2D eigenvalue weighted by Gasteiger charge is 2.16. The van der Waals surface area contributed by atoms with Gasteiger partial charge in [0, 0.05) is 10.7 Å². The molecule has 6 rings (SSSR count). The minimum absolute atomic E-state index is 0.348. The van der Waals surface area contributed by atoms with Crippen LogP contribution in [0.1, 0.15) is 22.8 Å². The monoisotopic (exact) mass is 590 g/mol. The first kappa shape index (κ1) is 25.5. The van der Waals surface area contributed by atoms with Crippen molar-refractivity contribution in [3.05, 3.63) is 119 Å². The molecule has 0 fully saturated rings. The number of hydrogen-bond donors (Lipinski definition) is 0. The van der Waals surface area contributed by atoms with E-state index in [1.807, 2.05) is 91.9 Å². The lowest BCUT2D eigenvalue weighted by atomic mass is 10.0. The van der Waals surface area contributed by atoms with E-state index in [-0.39, 0.29) is 0 Å². The SMILES string of the molecule is CCOc1cc(C=Nc2ccc3oc(-c4ccccc4Br)nc3c2)ccc1OC(=O)c1cccc2ccccc12. The highest BCUT2D eigenvalue weighted by atomic mass is 79.9. The van der Waals surface area contributed by atoms with Crippen molar-refractivity contribution >= 4 is 55.7 Å². The van der Waals surface area contributed by atoms with Gasteiger partial charge < -0.3 is 13.9 Å². The zero-order valence-corrected chi connectivity index (χ0v) is 23.1. The van der Waals surface area contributed by atoms with Gasteiger partial charge >= 0.3 is 5.97 Å². The Morgan fingerprint density at radius 3 is 2.62 bits per heavy atom. The molecule has 0 aliphatic rings. The van der Waals surface area contributed by atoms with Crippen LogP contribution in [0.2, 0.25) is 0 Å². The average molecular weight is 591 g/mol. The molecular weight excluding hydrogens is 568 g/mol. The zero-order chi connectivity index (χ0) is 27.5. The summed E-state index contributed by atoms with van der Waals surface area (Å²) in [5.41, 5.74) is 4.30. The number of carbonyl (C=O) groups excluding carboxylic acids is 1. The molecule has 0 N–H and O–H groups in total. The molecule has 7 heteroatoms. The van der Waals surface area contributed by atoms with Crippen molar-refractivity contribution in [2.45, 2.75) is 6.92 Å². The number of nitrogens with zero attached hydrogens (tertiary/aromatic N) is 2. The summed E-state index contributed by atoms with van der Waals surface area (Å²) in [5.74, 6) is 0.909. The number of oxazole rings is 1. The fraction of sp³-hybridized carbons (Fsp3) is 0.0606. The summed E-state index contributed by atoms with van der Waals surface area (Å²) in [6.07, 6.45) is 1.73. The molecule has 0 amide bonds. The van der Waals surface area contributed by atoms with E-state index in [1.54, 1.807) is 24.4 Å². The number of fused-ring (bicyclic) bond motifs is 2. The van der Waals surface area contributed by atoms with Crippen LogP contribution in [-0.4, -0.2) is 23.8 Å². The predicted octanol–water partition coefficient (Wildman–Crippen LogP) is 8.78. The van der Waals surface area contributed by atoms with Crippen LogP contribution < -0.4 is 9.47 Å². The number of ether oxygens (including phenoxy) is 2. The topological polar surface area (TPSA) is 73.9 Å². The summed E-state index contributed by atoms with van der Waals surface area (Å²) in [6, 6.07) is 32.0. The van der Waals surface area contributed by atoms with Crippen molar-refractivity contribution in [3.63, 3.8) is 0 Å². The van der Waals surface area contributed by atoms with Crippen molar-refractivity contribution < 1.29 is 18.7 Å². The van der Waals surface area contributed by atoms with E-state index in [2.05, 4.69) is 25.9 Å². The van der Waals surface area contributed by atoms with E-state index in [9.17, 15) is 4.79 Å². The largest absolute Gasteiger partial charge is 0.490 e. The minimum atomic E-state index is -0.443. The van der Waals surface area contributed by atoms with Gasteiger partial charge in [0.25, 0.3) is 0 Å². The van der Waals surface area contributed by atoms with Crippen LogP contribution in [0.25, 0.3) is 33.3 Å². The number of aliphatic imine (C=N–C) groups is 1. The molecular formula is C33H23BrN2O4. The maximum Gasteiger partial charge on any atom is 0.344 e. The minimum Gasteiger partial charge on any atom is -0.490 e. The first-order valence-electron chi connectivity index (χ1n) is 12.8. The molecule has 0 bridgehead atoms. The van der Waals surface area contributed by atoms with Crippen LogP contribution in [-0.2, 0) is 0 Å². The molecule has 0 unspecified atom stereocenters. The first-order valence-corrected chi connectivity index (χ1v) is 13.5. The molecule has 0 spiro atoms. The lowest BCUT2D eigenvalue weighted by molar-refractivity contribution is 0.0730. The number of esters is 1. The van der Waals surface area contributed by atoms with Crippen LogP contribution in [0, 0.1) is 0 Å². The van der Waals surface area contributed by atoms with Crippen molar-refractivity contribution in [1.29, 1.82) is 0 Å². The zero-order valence-electron chi connectivity index (χ0n) is 21.5. The summed E-state index contributed by atoms with van der Waals surface area (Å²) in [4.78, 5) is 22.3. The van der Waals surface area contributed by atoms with Gasteiger partial charge in [-0.15, -0.1) is 0 Å². The van der Waals surface area contributed by atoms with Crippen LogP contribution in [0.15, 0.2) is 117 Å². The third kappa shape index (κ3) is 5.24. The molecule has 40 heavy (non-hydrogen) atoms. The number of carbonyl (C=O) groups is 1. The predicted molar refractivity (Wildman–Crippen MR) is 161 cm³/mol. The number of benzene rings is 5. The molecule has 6 aromatic rings. The standard InChI is InChI=1S/C33H23BrN2O4/c1-2-38-31-18-21(14-16-30(31)40-33(37)25-12-7-9-22-8-3-4-10-24(22)25)20-35-23-15-17-29-28(19-23)36-32(39-29)26-11-5-6-13-27(26)34/h3-20H,2H2,1H3. The average Bonchev–Trinajstić information content (AvgIpc) is 3.40. The summed E-state index contributed by atoms with van der Waals surface area (Å²) in [7, 11) is 0. The quantitative estimate of drug-likeness (QED) is 0.105. The Bertz CT molecular complexity index is 1890. The summed E-state index contributed by atoms with van der Waals surface area (Å²) in [6.45, 7) is 2.30. The second-order valence-corrected chi connectivity index (χ2v) is 9.82. The van der Waals surface area contributed by atoms with Gasteiger partial charge in [-0.3, -0.25) is 4.99 Å². The van der Waals surface area contributed by atoms with Crippen LogP contribution >= 0.6 is 15.9 Å². The van der Waals surface area contributed by atoms with E-state index in [4.69, 9.17) is 13.9 Å². The van der Waals surface area contributed by atoms with Crippen molar-refractivity contribution in [1.82, 2.24) is 4.98 Å². The molecule has 1 aromatic heterocycles. The van der Waals surface area contributed by atoms with Crippen LogP contribution in [0.3, 0.4) is 0 Å². The second-order valence-electron chi connectivity index (χ2n) is 8.96. The molecule has 196 valence electrons. The highest BCUT2D eigenvalue weighted by molar-refractivity contribution is 9.10. The second kappa shape index (κ2) is 11.2. The summed E-state index contributed by atoms with van der Waals surface area (Å²) >= 11 is 3.55. The molecule has 5 aromatic carbocycles. The Hall–Kier alpha value is -4.75. The molecule has 1 heterocycles. The Morgan fingerprint density at radius 2 is 1.75 bits per heavy atom. The van der Waals surface area contributed by atoms with Gasteiger partial charge in [-0.25, -0.2) is 9.78 Å². The van der Waals surface area contributed by atoms with E-state index < -0.39 is 5.97 Å². The van der Waals surface area contributed by atoms with E-state index >= 15 is 0 Å². The number of aromatic nitrogens is 1. The summed E-state index contributed by atoms with van der Waals surface area (Å²) in [5, 5.41) is 1.81. The van der Waals surface area contributed by atoms with E-state index in [0.717, 1.165) is 32.1 Å². The lowest BCUT2D eigenvalue weighted by Gasteiger charge is -2.12. The molecule has 6 nitrogen and oxygen atoms in total. The summed E-state index contributed by atoms with van der Waals surface area (Å²) < 4.78 is 18.4. The number of halogens is 1. The van der Waals surface area contributed by atoms with Gasteiger partial charge in [-0.1, -0.05) is 48.5 Å². The van der Waals surface area contributed by atoms with E-state index in [1.165, 1.54) is 0 Å². The first-order chi connectivity index (χ1) is 19.6. The maximum absolute atomic E-state index is 13.1. The fourth-order valence-corrected chi connectivity index (χ4v) is 4.87. The van der Waals surface area contributed by atoms with Crippen LogP contribution in [0.5, 0.6) is 11.5 Å². The molecule has 0 aliphatic heterocycles. The molecule has 0 aliphatic carbocycles. The number of hydrogen-bond acceptors (Lipinski definition) is 6. The van der Waals surface area contributed by atoms with Gasteiger partial charge in [0.05, 0.1) is 23.4 Å². The Morgan fingerprint density at radius 1 is 0.925 bits per heavy atom. The van der Waals surface area contributed by atoms with Gasteiger partial charge in [0.15, 0.2) is 17.1 Å². The Kier molecular flexibility index (Phi) is 7.12. The van der Waals surface area contributed by atoms with Gasteiger partial charge in [0.1, 0.15) is 5.52 Å². The number of rotatable bonds is 7. The Balaban J connectivity index is 1.24. The fourth-order valence-electron chi connectivity index (χ4n) is 4.41. The third-order valence-electron chi connectivity index (χ3n) is 6.32. The molecule has 0 saturated carbocycles. The van der Waals surface area contributed by atoms with Gasteiger partial charge in [-0.05, 0) is 93.8 Å². The van der Waals surface area contributed by atoms with Crippen molar-refractivity contribution in [2.75, 3.05) is 6.61 Å². The van der Waals surface area contributed by atoms with Gasteiger partial charge in [0.2, 0.25) is 5.89 Å². The maximum atomic E-state index is 13.1. The van der Waals surface area contributed by atoms with Crippen molar-refractivity contribution in [2.24, 2.45) is 4.99 Å². The van der Waals surface area contributed by atoms with Crippen molar-refractivity contribution in [3.8, 4) is 23.0 Å². The normalized spacial score (nSPS) is 11.3. The van der Waals surface area contributed by atoms with Crippen LogP contribution in [0.4, 0.5) is 5.69 Å². The lowest BCUT2D eigenvalue weighted by Crippen LogP contribution is -2.10. The molecule has 0 saturated heterocycles.